The Bertz CT molecular complexity index is 344. The number of alkyl halides is 1. The lowest BCUT2D eigenvalue weighted by Gasteiger charge is -2.27. The van der Waals surface area contributed by atoms with Gasteiger partial charge in [0.1, 0.15) is 0 Å². The molecule has 0 aliphatic rings. The first kappa shape index (κ1) is 12.7. The fraction of sp³-hybridized carbons (Fsp3) is 0.545. The first-order chi connectivity index (χ1) is 7.02. The predicted molar refractivity (Wildman–Crippen MR) is 69.0 cm³/mol. The van der Waals surface area contributed by atoms with Crippen molar-refractivity contribution in [3.63, 3.8) is 0 Å². The molecular weight excluding hydrogens is 274 g/mol. The average molecular weight is 290 g/mol. The van der Waals surface area contributed by atoms with E-state index in [4.69, 9.17) is 0 Å². The van der Waals surface area contributed by atoms with Gasteiger partial charge in [0.05, 0.1) is 4.88 Å². The van der Waals surface area contributed by atoms with Crippen LogP contribution in [0.15, 0.2) is 11.4 Å². The van der Waals surface area contributed by atoms with Gasteiger partial charge in [-0.3, -0.25) is 4.79 Å². The third-order valence-corrected chi connectivity index (χ3v) is 4.81. The summed E-state index contributed by atoms with van der Waals surface area (Å²) >= 11 is 4.92. The molecule has 0 aliphatic carbocycles. The molecule has 4 heteroatoms. The molecule has 1 amide bonds. The maximum atomic E-state index is 11.9. The molecule has 0 aliphatic heterocycles. The first-order valence-corrected chi connectivity index (χ1v) is 6.95. The van der Waals surface area contributed by atoms with Crippen molar-refractivity contribution in [1.82, 2.24) is 5.32 Å². The van der Waals surface area contributed by atoms with Crippen LogP contribution in [0.1, 0.15) is 35.5 Å². The van der Waals surface area contributed by atoms with Crippen molar-refractivity contribution < 1.29 is 4.79 Å². The summed E-state index contributed by atoms with van der Waals surface area (Å²) in [5, 5.41) is 5.78. The van der Waals surface area contributed by atoms with Gasteiger partial charge in [-0.25, -0.2) is 0 Å². The summed E-state index contributed by atoms with van der Waals surface area (Å²) in [5.74, 6) is 0.0336. The number of amides is 1. The topological polar surface area (TPSA) is 29.1 Å². The van der Waals surface area contributed by atoms with Gasteiger partial charge in [0, 0.05) is 10.9 Å². The summed E-state index contributed by atoms with van der Waals surface area (Å²) in [6.07, 6.45) is 0.911. The van der Waals surface area contributed by atoms with Crippen LogP contribution >= 0.6 is 27.3 Å². The van der Waals surface area contributed by atoms with E-state index in [0.717, 1.165) is 22.2 Å². The van der Waals surface area contributed by atoms with Crippen LogP contribution in [0.4, 0.5) is 0 Å². The van der Waals surface area contributed by atoms with Crippen LogP contribution in [0, 0.1) is 6.92 Å². The van der Waals surface area contributed by atoms with Crippen molar-refractivity contribution in [3.05, 3.63) is 21.9 Å². The van der Waals surface area contributed by atoms with Crippen LogP contribution in [-0.2, 0) is 0 Å². The molecule has 1 heterocycles. The molecule has 84 valence electrons. The SMILES string of the molecule is CCC(C)(CBr)NC(=O)c1sccc1C. The van der Waals surface area contributed by atoms with Crippen molar-refractivity contribution in [1.29, 1.82) is 0 Å². The molecule has 1 N–H and O–H groups in total. The summed E-state index contributed by atoms with van der Waals surface area (Å²) < 4.78 is 0. The molecule has 1 aromatic heterocycles. The third-order valence-electron chi connectivity index (χ3n) is 2.56. The van der Waals surface area contributed by atoms with Gasteiger partial charge in [-0.15, -0.1) is 11.3 Å². The summed E-state index contributed by atoms with van der Waals surface area (Å²) in [6, 6.07) is 1.97. The summed E-state index contributed by atoms with van der Waals surface area (Å²) in [4.78, 5) is 12.8. The largest absolute Gasteiger partial charge is 0.345 e. The van der Waals surface area contributed by atoms with Crippen molar-refractivity contribution in [2.24, 2.45) is 0 Å². The number of aryl methyl sites for hydroxylation is 1. The van der Waals surface area contributed by atoms with E-state index in [9.17, 15) is 4.79 Å². The highest BCUT2D eigenvalue weighted by atomic mass is 79.9. The molecule has 1 atom stereocenters. The maximum absolute atomic E-state index is 11.9. The molecule has 15 heavy (non-hydrogen) atoms. The quantitative estimate of drug-likeness (QED) is 0.847. The second-order valence-electron chi connectivity index (χ2n) is 3.93. The zero-order valence-corrected chi connectivity index (χ0v) is 11.7. The predicted octanol–water partition coefficient (Wildman–Crippen LogP) is 3.35. The van der Waals surface area contributed by atoms with Crippen molar-refractivity contribution in [3.8, 4) is 0 Å². The minimum absolute atomic E-state index is 0.0336. The highest BCUT2D eigenvalue weighted by Gasteiger charge is 2.24. The van der Waals surface area contributed by atoms with Gasteiger partial charge in [0.2, 0.25) is 0 Å². The van der Waals surface area contributed by atoms with E-state index in [1.54, 1.807) is 0 Å². The number of halogens is 1. The number of carbonyl (C=O) groups excluding carboxylic acids is 1. The van der Waals surface area contributed by atoms with Gasteiger partial charge in [-0.05, 0) is 37.3 Å². The fourth-order valence-electron chi connectivity index (χ4n) is 1.15. The van der Waals surface area contributed by atoms with Crippen molar-refractivity contribution in [2.75, 3.05) is 5.33 Å². The molecule has 0 fully saturated rings. The van der Waals surface area contributed by atoms with E-state index < -0.39 is 0 Å². The standard InChI is InChI=1S/C11H16BrNOS/c1-4-11(3,7-12)13-10(14)9-8(2)5-6-15-9/h5-6H,4,7H2,1-3H3,(H,13,14). The molecule has 0 spiro atoms. The Hall–Kier alpha value is -0.350. The van der Waals surface area contributed by atoms with Gasteiger partial charge >= 0.3 is 0 Å². The molecule has 1 unspecified atom stereocenters. The minimum Gasteiger partial charge on any atom is -0.345 e. The number of hydrogen-bond donors (Lipinski definition) is 1. The van der Waals surface area contributed by atoms with E-state index in [2.05, 4.69) is 28.2 Å². The van der Waals surface area contributed by atoms with E-state index >= 15 is 0 Å². The fourth-order valence-corrected chi connectivity index (χ4v) is 2.51. The Morgan fingerprint density at radius 3 is 2.73 bits per heavy atom. The van der Waals surface area contributed by atoms with Gasteiger partial charge in [0.25, 0.3) is 5.91 Å². The Labute approximate surface area is 103 Å². The maximum Gasteiger partial charge on any atom is 0.262 e. The normalized spacial score (nSPS) is 14.7. The van der Waals surface area contributed by atoms with Crippen LogP contribution < -0.4 is 5.32 Å². The van der Waals surface area contributed by atoms with E-state index in [1.165, 1.54) is 11.3 Å². The number of nitrogens with one attached hydrogen (secondary N) is 1. The monoisotopic (exact) mass is 289 g/mol. The highest BCUT2D eigenvalue weighted by Crippen LogP contribution is 2.18. The minimum atomic E-state index is -0.159. The van der Waals surface area contributed by atoms with Crippen LogP contribution in [0.5, 0.6) is 0 Å². The van der Waals surface area contributed by atoms with Gasteiger partial charge in [0.15, 0.2) is 0 Å². The third kappa shape index (κ3) is 3.05. The van der Waals surface area contributed by atoms with E-state index in [0.29, 0.717) is 0 Å². The Morgan fingerprint density at radius 1 is 1.67 bits per heavy atom. The molecule has 0 saturated heterocycles. The molecule has 1 rings (SSSR count). The summed E-state index contributed by atoms with van der Waals surface area (Å²) in [5.41, 5.74) is 0.888. The van der Waals surface area contributed by atoms with Gasteiger partial charge < -0.3 is 5.32 Å². The second kappa shape index (κ2) is 5.12. The van der Waals surface area contributed by atoms with Crippen LogP contribution in [-0.4, -0.2) is 16.8 Å². The Kier molecular flexibility index (Phi) is 4.34. The zero-order valence-electron chi connectivity index (χ0n) is 9.26. The second-order valence-corrected chi connectivity index (χ2v) is 5.41. The zero-order chi connectivity index (χ0) is 11.5. The molecule has 2 nitrogen and oxygen atoms in total. The molecule has 1 aromatic rings. The average Bonchev–Trinajstić information content (AvgIpc) is 2.64. The highest BCUT2D eigenvalue weighted by molar-refractivity contribution is 9.09. The number of rotatable bonds is 4. The van der Waals surface area contributed by atoms with Gasteiger partial charge in [-0.1, -0.05) is 22.9 Å². The molecule has 0 saturated carbocycles. The number of thiophene rings is 1. The van der Waals surface area contributed by atoms with E-state index in [-0.39, 0.29) is 11.4 Å². The molecule has 0 radical (unpaired) electrons. The summed E-state index contributed by atoms with van der Waals surface area (Å²) in [6.45, 7) is 6.08. The Balaban J connectivity index is 2.76. The van der Waals surface area contributed by atoms with E-state index in [1.807, 2.05) is 25.3 Å². The lowest BCUT2D eigenvalue weighted by Crippen LogP contribution is -2.46. The number of carbonyl (C=O) groups is 1. The smallest absolute Gasteiger partial charge is 0.262 e. The lowest BCUT2D eigenvalue weighted by atomic mass is 10.0. The number of hydrogen-bond acceptors (Lipinski definition) is 2. The van der Waals surface area contributed by atoms with Gasteiger partial charge in [-0.2, -0.15) is 0 Å². The van der Waals surface area contributed by atoms with Crippen LogP contribution in [0.3, 0.4) is 0 Å². The Morgan fingerprint density at radius 2 is 2.33 bits per heavy atom. The first-order valence-electron chi connectivity index (χ1n) is 4.95. The lowest BCUT2D eigenvalue weighted by molar-refractivity contribution is 0.0917. The van der Waals surface area contributed by atoms with Crippen LogP contribution in [0.25, 0.3) is 0 Å². The van der Waals surface area contributed by atoms with Crippen molar-refractivity contribution in [2.45, 2.75) is 32.7 Å². The summed E-state index contributed by atoms with van der Waals surface area (Å²) in [7, 11) is 0. The molecule has 0 bridgehead atoms. The van der Waals surface area contributed by atoms with Crippen molar-refractivity contribution >= 4 is 33.2 Å². The molecular formula is C11H16BrNOS. The van der Waals surface area contributed by atoms with Crippen LogP contribution in [0.2, 0.25) is 0 Å². The molecule has 0 aromatic carbocycles.